The average molecular weight is 443 g/mol. The molecule has 30 heavy (non-hydrogen) atoms. The van der Waals surface area contributed by atoms with Crippen LogP contribution in [0.4, 0.5) is 10.5 Å². The van der Waals surface area contributed by atoms with Crippen LogP contribution in [0.5, 0.6) is 11.5 Å². The van der Waals surface area contributed by atoms with Crippen LogP contribution in [0.1, 0.15) is 27.0 Å². The molecular formula is C23H20Cl2N2O3. The molecule has 0 atom stereocenters. The highest BCUT2D eigenvalue weighted by atomic mass is 35.5. The lowest BCUT2D eigenvalue weighted by Gasteiger charge is -2.17. The van der Waals surface area contributed by atoms with E-state index in [0.717, 1.165) is 11.1 Å². The van der Waals surface area contributed by atoms with Crippen LogP contribution in [0.25, 0.3) is 0 Å². The predicted octanol–water partition coefficient (Wildman–Crippen LogP) is 6.67. The number of carbonyl (C=O) groups is 2. The standard InChI is InChI=1S/C23H20Cl2N2O3/c1-13-8-4-7-11-19(13)30-21-14(2)12-18(15(3)20(21)25)26-23(29)27-22(28)16-9-5-6-10-17(16)24/h4-12H,1-3H3,(H2,26,27,28,29). The van der Waals surface area contributed by atoms with Gasteiger partial charge in [-0.15, -0.1) is 0 Å². The number of amides is 3. The summed E-state index contributed by atoms with van der Waals surface area (Å²) in [5, 5.41) is 5.57. The maximum atomic E-state index is 12.3. The van der Waals surface area contributed by atoms with Gasteiger partial charge in [-0.25, -0.2) is 4.79 Å². The van der Waals surface area contributed by atoms with Crippen LogP contribution in [0.2, 0.25) is 10.0 Å². The fourth-order valence-electron chi connectivity index (χ4n) is 2.86. The first-order chi connectivity index (χ1) is 14.3. The fraction of sp³-hybridized carbons (Fsp3) is 0.130. The summed E-state index contributed by atoms with van der Waals surface area (Å²) in [6.45, 7) is 5.54. The molecule has 0 aliphatic rings. The van der Waals surface area contributed by atoms with Crippen molar-refractivity contribution in [3.8, 4) is 11.5 Å². The molecule has 154 valence electrons. The van der Waals surface area contributed by atoms with Crippen molar-refractivity contribution < 1.29 is 14.3 Å². The largest absolute Gasteiger partial charge is 0.455 e. The summed E-state index contributed by atoms with van der Waals surface area (Å²) < 4.78 is 6.02. The third kappa shape index (κ3) is 4.75. The molecule has 0 aliphatic heterocycles. The van der Waals surface area contributed by atoms with Crippen molar-refractivity contribution in [1.82, 2.24) is 5.32 Å². The molecule has 3 amide bonds. The number of rotatable bonds is 4. The van der Waals surface area contributed by atoms with Gasteiger partial charge in [-0.3, -0.25) is 10.1 Å². The van der Waals surface area contributed by atoms with Gasteiger partial charge in [-0.05, 0) is 61.7 Å². The fourth-order valence-corrected chi connectivity index (χ4v) is 3.37. The number of anilines is 1. The summed E-state index contributed by atoms with van der Waals surface area (Å²) in [4.78, 5) is 24.6. The van der Waals surface area contributed by atoms with Gasteiger partial charge in [0, 0.05) is 5.69 Å². The van der Waals surface area contributed by atoms with E-state index in [0.29, 0.717) is 27.8 Å². The van der Waals surface area contributed by atoms with Gasteiger partial charge in [0.05, 0.1) is 15.6 Å². The number of benzene rings is 3. The highest BCUT2D eigenvalue weighted by Gasteiger charge is 2.18. The molecule has 0 radical (unpaired) electrons. The summed E-state index contributed by atoms with van der Waals surface area (Å²) in [5.74, 6) is 0.616. The Morgan fingerprint density at radius 3 is 2.27 bits per heavy atom. The molecule has 0 fully saturated rings. The zero-order valence-corrected chi connectivity index (χ0v) is 18.2. The van der Waals surface area contributed by atoms with Crippen LogP contribution in [0, 0.1) is 20.8 Å². The van der Waals surface area contributed by atoms with E-state index in [1.807, 2.05) is 38.1 Å². The van der Waals surface area contributed by atoms with Crippen LogP contribution in [0.15, 0.2) is 54.6 Å². The van der Waals surface area contributed by atoms with E-state index >= 15 is 0 Å². The Bertz CT molecular complexity index is 1130. The van der Waals surface area contributed by atoms with E-state index in [9.17, 15) is 9.59 Å². The number of aryl methyl sites for hydroxylation is 2. The van der Waals surface area contributed by atoms with Gasteiger partial charge in [0.15, 0.2) is 0 Å². The number of carbonyl (C=O) groups excluding carboxylic acids is 2. The Kier molecular flexibility index (Phi) is 6.65. The Balaban J connectivity index is 1.78. The van der Waals surface area contributed by atoms with Gasteiger partial charge >= 0.3 is 6.03 Å². The van der Waals surface area contributed by atoms with Crippen molar-refractivity contribution in [3.05, 3.63) is 86.9 Å². The van der Waals surface area contributed by atoms with Crippen molar-refractivity contribution in [2.45, 2.75) is 20.8 Å². The van der Waals surface area contributed by atoms with Crippen molar-refractivity contribution >= 4 is 40.8 Å². The highest BCUT2D eigenvalue weighted by Crippen LogP contribution is 2.39. The second kappa shape index (κ2) is 9.20. The number of nitrogens with one attached hydrogen (secondary N) is 2. The highest BCUT2D eigenvalue weighted by molar-refractivity contribution is 6.34. The summed E-state index contributed by atoms with van der Waals surface area (Å²) in [6, 6.07) is 15.2. The number of imide groups is 1. The van der Waals surface area contributed by atoms with E-state index in [1.54, 1.807) is 31.2 Å². The molecule has 0 aromatic heterocycles. The van der Waals surface area contributed by atoms with E-state index in [-0.39, 0.29) is 10.6 Å². The Labute approximate surface area is 185 Å². The van der Waals surface area contributed by atoms with Gasteiger partial charge < -0.3 is 10.1 Å². The average Bonchev–Trinajstić information content (AvgIpc) is 2.70. The molecule has 2 N–H and O–H groups in total. The molecule has 0 bridgehead atoms. The quantitative estimate of drug-likeness (QED) is 0.473. The lowest BCUT2D eigenvalue weighted by Crippen LogP contribution is -2.34. The van der Waals surface area contributed by atoms with Gasteiger partial charge in [-0.2, -0.15) is 0 Å². The molecule has 0 unspecified atom stereocenters. The van der Waals surface area contributed by atoms with Crippen LogP contribution >= 0.6 is 23.2 Å². The summed E-state index contributed by atoms with van der Waals surface area (Å²) in [5.41, 5.74) is 3.01. The van der Waals surface area contributed by atoms with E-state index in [4.69, 9.17) is 27.9 Å². The molecule has 3 aromatic rings. The normalized spacial score (nSPS) is 10.4. The van der Waals surface area contributed by atoms with E-state index in [2.05, 4.69) is 10.6 Å². The number of urea groups is 1. The lowest BCUT2D eigenvalue weighted by atomic mass is 10.1. The van der Waals surface area contributed by atoms with Crippen LogP contribution in [-0.4, -0.2) is 11.9 Å². The summed E-state index contributed by atoms with van der Waals surface area (Å²) in [6.07, 6.45) is 0. The molecule has 0 aliphatic carbocycles. The minimum absolute atomic E-state index is 0.210. The molecule has 5 nitrogen and oxygen atoms in total. The SMILES string of the molecule is Cc1ccccc1Oc1c(C)cc(NC(=O)NC(=O)c2ccccc2Cl)c(C)c1Cl. The number of para-hydroxylation sites is 1. The topological polar surface area (TPSA) is 67.4 Å². The first-order valence-corrected chi connectivity index (χ1v) is 9.93. The van der Waals surface area contributed by atoms with Gasteiger partial charge in [0.25, 0.3) is 5.91 Å². The minimum Gasteiger partial charge on any atom is -0.455 e. The third-order valence-corrected chi connectivity index (χ3v) is 5.34. The van der Waals surface area contributed by atoms with Crippen LogP contribution < -0.4 is 15.4 Å². The molecule has 0 heterocycles. The number of ether oxygens (including phenoxy) is 1. The van der Waals surface area contributed by atoms with E-state index < -0.39 is 11.9 Å². The third-order valence-electron chi connectivity index (χ3n) is 4.55. The molecule has 3 aromatic carbocycles. The van der Waals surface area contributed by atoms with Crippen molar-refractivity contribution in [2.75, 3.05) is 5.32 Å². The van der Waals surface area contributed by atoms with Gasteiger partial charge in [0.1, 0.15) is 11.5 Å². The Hall–Kier alpha value is -3.02. The monoisotopic (exact) mass is 442 g/mol. The van der Waals surface area contributed by atoms with Gasteiger partial charge in [-0.1, -0.05) is 53.5 Å². The molecule has 0 saturated carbocycles. The Morgan fingerprint density at radius 1 is 0.900 bits per heavy atom. The minimum atomic E-state index is -0.689. The smallest absolute Gasteiger partial charge is 0.326 e. The molecule has 0 spiro atoms. The molecule has 3 rings (SSSR count). The number of hydrogen-bond acceptors (Lipinski definition) is 3. The van der Waals surface area contributed by atoms with E-state index in [1.165, 1.54) is 6.07 Å². The maximum absolute atomic E-state index is 12.3. The lowest BCUT2D eigenvalue weighted by molar-refractivity contribution is 0.0967. The number of halogens is 2. The van der Waals surface area contributed by atoms with Crippen LogP contribution in [0.3, 0.4) is 0 Å². The summed E-state index contributed by atoms with van der Waals surface area (Å²) >= 11 is 12.5. The van der Waals surface area contributed by atoms with Crippen molar-refractivity contribution in [1.29, 1.82) is 0 Å². The molecule has 0 saturated heterocycles. The van der Waals surface area contributed by atoms with Crippen molar-refractivity contribution in [2.24, 2.45) is 0 Å². The second-order valence-corrected chi connectivity index (χ2v) is 7.55. The summed E-state index contributed by atoms with van der Waals surface area (Å²) in [7, 11) is 0. The maximum Gasteiger partial charge on any atom is 0.326 e. The van der Waals surface area contributed by atoms with Gasteiger partial charge in [0.2, 0.25) is 0 Å². The van der Waals surface area contributed by atoms with Crippen molar-refractivity contribution in [3.63, 3.8) is 0 Å². The Morgan fingerprint density at radius 2 is 1.57 bits per heavy atom. The first kappa shape index (κ1) is 21.7. The number of hydrogen-bond donors (Lipinski definition) is 2. The first-order valence-electron chi connectivity index (χ1n) is 9.18. The van der Waals surface area contributed by atoms with Crippen LogP contribution in [-0.2, 0) is 0 Å². The molecule has 7 heteroatoms. The zero-order valence-electron chi connectivity index (χ0n) is 16.7. The molecular weight excluding hydrogens is 423 g/mol. The predicted molar refractivity (Wildman–Crippen MR) is 120 cm³/mol. The zero-order chi connectivity index (χ0) is 21.8. The second-order valence-electron chi connectivity index (χ2n) is 6.76.